The smallest absolute Gasteiger partial charge is 0.271 e. The molecule has 0 bridgehead atoms. The van der Waals surface area contributed by atoms with Crippen molar-refractivity contribution in [1.82, 2.24) is 25.8 Å². The van der Waals surface area contributed by atoms with E-state index in [0.29, 0.717) is 28.9 Å². The van der Waals surface area contributed by atoms with Gasteiger partial charge in [0.15, 0.2) is 0 Å². The molecule has 5 rings (SSSR count). The molecule has 3 aromatic carbocycles. The van der Waals surface area contributed by atoms with E-state index in [0.717, 1.165) is 22.0 Å². The van der Waals surface area contributed by atoms with Crippen LogP contribution in [0.25, 0.3) is 10.9 Å². The van der Waals surface area contributed by atoms with Crippen molar-refractivity contribution in [1.29, 1.82) is 0 Å². The van der Waals surface area contributed by atoms with E-state index in [2.05, 4.69) is 37.6 Å². The molecule has 7 nitrogen and oxygen atoms in total. The van der Waals surface area contributed by atoms with Crippen LogP contribution in [0, 0.1) is 18.8 Å². The van der Waals surface area contributed by atoms with Crippen molar-refractivity contribution in [2.45, 2.75) is 13.3 Å². The molecule has 38 heavy (non-hydrogen) atoms. The maximum atomic E-state index is 13.0. The molecule has 0 unspecified atom stereocenters. The first kappa shape index (κ1) is 24.8. The first-order valence-corrected chi connectivity index (χ1v) is 12.2. The van der Waals surface area contributed by atoms with E-state index >= 15 is 0 Å². The number of pyridine rings is 1. The number of nitrogens with one attached hydrogen (secondary N) is 3. The van der Waals surface area contributed by atoms with Crippen LogP contribution in [0.1, 0.15) is 48.8 Å². The highest BCUT2D eigenvalue weighted by atomic mass is 35.5. The van der Waals surface area contributed by atoms with Crippen LogP contribution in [0.15, 0.2) is 85.3 Å². The van der Waals surface area contributed by atoms with E-state index in [4.69, 9.17) is 11.6 Å². The number of nitrogens with zero attached hydrogens (tertiary/aromatic N) is 2. The van der Waals surface area contributed by atoms with Gasteiger partial charge in [-0.1, -0.05) is 59.8 Å². The number of hydrazine groups is 1. The van der Waals surface area contributed by atoms with Crippen LogP contribution in [0.3, 0.4) is 0 Å². The number of aromatic nitrogens is 3. The van der Waals surface area contributed by atoms with Crippen molar-refractivity contribution in [2.24, 2.45) is 0 Å². The summed E-state index contributed by atoms with van der Waals surface area (Å²) in [4.78, 5) is 37.5. The summed E-state index contributed by atoms with van der Waals surface area (Å²) in [5.74, 6) is 5.95. The number of aromatic amines is 1. The quantitative estimate of drug-likeness (QED) is 0.230. The number of carbonyl (C=O) groups is 2. The maximum absolute atomic E-state index is 13.0. The molecule has 0 saturated heterocycles. The molecule has 0 fully saturated rings. The number of fused-ring (bicyclic) bond motifs is 1. The average Bonchev–Trinajstić information content (AvgIpc) is 3.44. The van der Waals surface area contributed by atoms with Crippen LogP contribution >= 0.6 is 11.6 Å². The Labute approximate surface area is 224 Å². The highest BCUT2D eigenvalue weighted by Crippen LogP contribution is 2.22. The zero-order valence-electron chi connectivity index (χ0n) is 20.4. The second-order valence-electron chi connectivity index (χ2n) is 8.59. The van der Waals surface area contributed by atoms with Gasteiger partial charge < -0.3 is 4.98 Å². The van der Waals surface area contributed by atoms with Crippen molar-refractivity contribution in [3.8, 4) is 11.8 Å². The van der Waals surface area contributed by atoms with Crippen molar-refractivity contribution < 1.29 is 9.59 Å². The zero-order chi connectivity index (χ0) is 26.5. The third-order valence-electron chi connectivity index (χ3n) is 5.96. The minimum Gasteiger partial charge on any atom is -0.348 e. The van der Waals surface area contributed by atoms with E-state index in [-0.39, 0.29) is 10.6 Å². The number of hydrogen-bond acceptors (Lipinski definition) is 4. The number of para-hydroxylation sites is 1. The number of imidazole rings is 1. The molecule has 8 heteroatoms. The fourth-order valence-corrected chi connectivity index (χ4v) is 4.25. The number of amides is 2. The number of H-pyrrole nitrogens is 1. The van der Waals surface area contributed by atoms with Crippen LogP contribution in [0.2, 0.25) is 5.02 Å². The number of hydrogen-bond donors (Lipinski definition) is 3. The van der Waals surface area contributed by atoms with Gasteiger partial charge in [-0.2, -0.15) is 0 Å². The molecule has 2 aromatic heterocycles. The van der Waals surface area contributed by atoms with Gasteiger partial charge in [-0.05, 0) is 48.4 Å². The molecule has 0 aliphatic heterocycles. The number of carbonyl (C=O) groups excluding carboxylic acids is 2. The molecule has 5 aromatic rings. The lowest BCUT2D eigenvalue weighted by atomic mass is 10.0. The molecule has 0 saturated carbocycles. The molecule has 3 N–H and O–H groups in total. The standard InChI is InChI=1S/C30H22ClN5O2/c1-19-9-11-24(16-21(19)12-10-20-15-22-5-2-3-8-26(22)34-18-20)29(37)35-36-30(38)28-23(6-4-7-25(28)31)17-27-32-13-14-33-27/h2-9,11,13-16,18H,17H2,1H3,(H,32,33)(H,35,37)(H,36,38). The Balaban J connectivity index is 1.30. The predicted octanol–water partition coefficient (Wildman–Crippen LogP) is 4.99. The summed E-state index contributed by atoms with van der Waals surface area (Å²) in [6.45, 7) is 1.92. The van der Waals surface area contributed by atoms with Gasteiger partial charge in [0, 0.05) is 47.1 Å². The highest BCUT2D eigenvalue weighted by Gasteiger charge is 2.17. The van der Waals surface area contributed by atoms with Crippen LogP contribution in [-0.4, -0.2) is 26.8 Å². The minimum absolute atomic E-state index is 0.269. The second kappa shape index (κ2) is 11.0. The van der Waals surface area contributed by atoms with Gasteiger partial charge in [-0.25, -0.2) is 4.98 Å². The molecule has 0 spiro atoms. The van der Waals surface area contributed by atoms with Crippen LogP contribution < -0.4 is 10.9 Å². The predicted molar refractivity (Wildman–Crippen MR) is 147 cm³/mol. The van der Waals surface area contributed by atoms with Gasteiger partial charge in [0.1, 0.15) is 5.82 Å². The summed E-state index contributed by atoms with van der Waals surface area (Å²) in [5, 5.41) is 1.28. The van der Waals surface area contributed by atoms with Gasteiger partial charge >= 0.3 is 0 Å². The van der Waals surface area contributed by atoms with E-state index in [1.807, 2.05) is 43.3 Å². The highest BCUT2D eigenvalue weighted by molar-refractivity contribution is 6.34. The number of halogens is 1. The van der Waals surface area contributed by atoms with Crippen LogP contribution in [0.4, 0.5) is 0 Å². The Kier molecular flexibility index (Phi) is 7.16. The van der Waals surface area contributed by atoms with Gasteiger partial charge in [-0.3, -0.25) is 25.4 Å². The normalized spacial score (nSPS) is 10.5. The van der Waals surface area contributed by atoms with E-state index in [1.165, 1.54) is 0 Å². The lowest BCUT2D eigenvalue weighted by molar-refractivity contribution is 0.0846. The summed E-state index contributed by atoms with van der Waals surface area (Å²) >= 11 is 6.33. The van der Waals surface area contributed by atoms with Crippen LogP contribution in [-0.2, 0) is 6.42 Å². The maximum Gasteiger partial charge on any atom is 0.271 e. The Morgan fingerprint density at radius 3 is 2.63 bits per heavy atom. The van der Waals surface area contributed by atoms with Gasteiger partial charge in [0.25, 0.3) is 11.8 Å². The molecule has 0 atom stereocenters. The summed E-state index contributed by atoms with van der Waals surface area (Å²) in [7, 11) is 0. The first-order chi connectivity index (χ1) is 18.5. The van der Waals surface area contributed by atoms with E-state index < -0.39 is 11.8 Å². The summed E-state index contributed by atoms with van der Waals surface area (Å²) < 4.78 is 0. The Hall–Kier alpha value is -4.93. The number of benzene rings is 3. The monoisotopic (exact) mass is 519 g/mol. The SMILES string of the molecule is Cc1ccc(C(=O)NNC(=O)c2c(Cl)cccc2Cc2ncc[nH]2)cc1C#Cc1cnc2ccccc2c1. The van der Waals surface area contributed by atoms with E-state index in [9.17, 15) is 9.59 Å². The molecular weight excluding hydrogens is 498 g/mol. The van der Waals surface area contributed by atoms with Crippen molar-refractivity contribution in [3.63, 3.8) is 0 Å². The molecule has 2 amide bonds. The third-order valence-corrected chi connectivity index (χ3v) is 6.28. The van der Waals surface area contributed by atoms with Gasteiger partial charge in [0.05, 0.1) is 16.1 Å². The lowest BCUT2D eigenvalue weighted by Crippen LogP contribution is -2.42. The molecule has 0 aliphatic carbocycles. The number of rotatable bonds is 4. The molecule has 0 aliphatic rings. The zero-order valence-corrected chi connectivity index (χ0v) is 21.1. The largest absolute Gasteiger partial charge is 0.348 e. The fourth-order valence-electron chi connectivity index (χ4n) is 3.97. The van der Waals surface area contributed by atoms with Crippen molar-refractivity contribution >= 4 is 34.3 Å². The Bertz CT molecular complexity index is 1720. The van der Waals surface area contributed by atoms with Crippen molar-refractivity contribution in [3.05, 3.63) is 130 Å². The minimum atomic E-state index is -0.526. The van der Waals surface area contributed by atoms with Crippen molar-refractivity contribution in [2.75, 3.05) is 0 Å². The second-order valence-corrected chi connectivity index (χ2v) is 9.00. The Morgan fingerprint density at radius 2 is 1.79 bits per heavy atom. The van der Waals surface area contributed by atoms with Gasteiger partial charge in [0.2, 0.25) is 0 Å². The van der Waals surface area contributed by atoms with Crippen LogP contribution in [0.5, 0.6) is 0 Å². The topological polar surface area (TPSA) is 99.8 Å². The fraction of sp³-hybridized carbons (Fsp3) is 0.0667. The molecule has 186 valence electrons. The molecule has 2 heterocycles. The summed E-state index contributed by atoms with van der Waals surface area (Å²) in [5.41, 5.74) is 9.54. The lowest BCUT2D eigenvalue weighted by Gasteiger charge is -2.12. The molecule has 0 radical (unpaired) electrons. The summed E-state index contributed by atoms with van der Waals surface area (Å²) in [6, 6.07) is 20.2. The first-order valence-electron chi connectivity index (χ1n) is 11.8. The van der Waals surface area contributed by atoms with Gasteiger partial charge in [-0.15, -0.1) is 0 Å². The molecular formula is C30H22ClN5O2. The Morgan fingerprint density at radius 1 is 0.947 bits per heavy atom. The third kappa shape index (κ3) is 5.56. The average molecular weight is 520 g/mol. The summed E-state index contributed by atoms with van der Waals surface area (Å²) in [6.07, 6.45) is 5.46. The number of aryl methyl sites for hydroxylation is 1. The van der Waals surface area contributed by atoms with E-state index in [1.54, 1.807) is 48.9 Å².